The first kappa shape index (κ1) is 16.5. The van der Waals surface area contributed by atoms with Crippen molar-refractivity contribution in [1.82, 2.24) is 0 Å². The molecular weight excluding hydrogens is 291 g/mol. The van der Waals surface area contributed by atoms with Crippen LogP contribution >= 0.6 is 8.17 Å². The van der Waals surface area contributed by atoms with E-state index in [-0.39, 0.29) is 12.3 Å². The Kier molecular flexibility index (Phi) is 5.01. The number of aliphatic hydroxyl groups excluding tert-OH is 3. The molecule has 0 radical (unpaired) electrons. The second-order valence-corrected chi connectivity index (χ2v) is 6.82. The van der Waals surface area contributed by atoms with Crippen LogP contribution in [0.4, 0.5) is 0 Å². The highest BCUT2D eigenvalue weighted by Crippen LogP contribution is 2.50. The Hall–Kier alpha value is 0.110. The molecular formula is C11H22O8P+. The van der Waals surface area contributed by atoms with Crippen molar-refractivity contribution in [3.63, 3.8) is 0 Å². The standard InChI is InChI=1S/C11H22O8P/c1-5-10(19-20(15,16)17)9(14)11(18-5)7-3-2-6(12)4-8(7)13/h5-17H,2-4H2,1H3/q+1. The van der Waals surface area contributed by atoms with Crippen LogP contribution in [0.3, 0.4) is 0 Å². The minimum Gasteiger partial charge on any atom is -0.393 e. The van der Waals surface area contributed by atoms with E-state index >= 15 is 0 Å². The second kappa shape index (κ2) is 6.08. The van der Waals surface area contributed by atoms with Gasteiger partial charge in [-0.2, -0.15) is 14.7 Å². The monoisotopic (exact) mass is 313 g/mol. The smallest absolute Gasteiger partial charge is 0.393 e. The Balaban J connectivity index is 2.04. The largest absolute Gasteiger partial charge is 0.567 e. The molecule has 118 valence electrons. The van der Waals surface area contributed by atoms with Crippen LogP contribution in [0, 0.1) is 5.92 Å². The highest BCUT2D eigenvalue weighted by Gasteiger charge is 2.53. The molecule has 8 nitrogen and oxygen atoms in total. The Morgan fingerprint density at radius 1 is 1.10 bits per heavy atom. The van der Waals surface area contributed by atoms with E-state index in [1.54, 1.807) is 6.92 Å². The zero-order valence-corrected chi connectivity index (χ0v) is 12.0. The lowest BCUT2D eigenvalue weighted by Gasteiger charge is -2.35. The SMILES string of the molecule is CC1OC(C2CCC(O)CC2O)C(O)C1O[P+](O)(O)O. The Bertz CT molecular complexity index is 335. The summed E-state index contributed by atoms with van der Waals surface area (Å²) in [6.07, 6.45) is -3.81. The number of aliphatic hydroxyl groups is 3. The van der Waals surface area contributed by atoms with Crippen LogP contribution in [0.25, 0.3) is 0 Å². The molecule has 0 bridgehead atoms. The van der Waals surface area contributed by atoms with Crippen molar-refractivity contribution in [2.45, 2.75) is 62.8 Å². The molecule has 2 rings (SSSR count). The van der Waals surface area contributed by atoms with Crippen molar-refractivity contribution in [3.8, 4) is 0 Å². The summed E-state index contributed by atoms with van der Waals surface area (Å²) in [5.74, 6) is -0.367. The number of ether oxygens (including phenoxy) is 1. The molecule has 6 N–H and O–H groups in total. The molecule has 0 amide bonds. The number of hydrogen-bond donors (Lipinski definition) is 6. The van der Waals surface area contributed by atoms with E-state index in [9.17, 15) is 15.3 Å². The van der Waals surface area contributed by atoms with Gasteiger partial charge in [-0.05, 0) is 26.2 Å². The highest BCUT2D eigenvalue weighted by atomic mass is 31.2. The molecule has 7 unspecified atom stereocenters. The Morgan fingerprint density at radius 2 is 1.75 bits per heavy atom. The van der Waals surface area contributed by atoms with Crippen molar-refractivity contribution < 1.29 is 39.3 Å². The van der Waals surface area contributed by atoms with E-state index in [0.29, 0.717) is 12.8 Å². The van der Waals surface area contributed by atoms with Gasteiger partial charge in [0.25, 0.3) is 0 Å². The fraction of sp³-hybridized carbons (Fsp3) is 1.00. The van der Waals surface area contributed by atoms with Gasteiger partial charge in [-0.25, -0.2) is 0 Å². The van der Waals surface area contributed by atoms with Crippen LogP contribution in [0.5, 0.6) is 0 Å². The van der Waals surface area contributed by atoms with E-state index < -0.39 is 44.8 Å². The quantitative estimate of drug-likeness (QED) is 0.353. The van der Waals surface area contributed by atoms with E-state index in [1.807, 2.05) is 0 Å². The van der Waals surface area contributed by atoms with E-state index in [0.717, 1.165) is 0 Å². The molecule has 2 fully saturated rings. The average molecular weight is 313 g/mol. The Morgan fingerprint density at radius 3 is 2.30 bits per heavy atom. The first-order chi connectivity index (χ1) is 9.19. The van der Waals surface area contributed by atoms with Crippen molar-refractivity contribution in [2.75, 3.05) is 0 Å². The molecule has 1 heterocycles. The normalized spacial score (nSPS) is 46.6. The molecule has 1 saturated heterocycles. The summed E-state index contributed by atoms with van der Waals surface area (Å²) in [5, 5.41) is 29.6. The van der Waals surface area contributed by atoms with Gasteiger partial charge in [0.2, 0.25) is 0 Å². The maximum atomic E-state index is 10.2. The topological polar surface area (TPSA) is 140 Å². The first-order valence-corrected chi connectivity index (χ1v) is 8.21. The van der Waals surface area contributed by atoms with Crippen molar-refractivity contribution in [1.29, 1.82) is 0 Å². The van der Waals surface area contributed by atoms with Gasteiger partial charge < -0.3 is 20.1 Å². The van der Waals surface area contributed by atoms with E-state index in [4.69, 9.17) is 19.4 Å². The predicted octanol–water partition coefficient (Wildman–Crippen LogP) is -1.30. The fourth-order valence-electron chi connectivity index (χ4n) is 3.07. The summed E-state index contributed by atoms with van der Waals surface area (Å²) >= 11 is 0. The maximum absolute atomic E-state index is 10.2. The summed E-state index contributed by atoms with van der Waals surface area (Å²) in [6.45, 7) is 1.58. The lowest BCUT2D eigenvalue weighted by molar-refractivity contribution is -0.0917. The van der Waals surface area contributed by atoms with Crippen molar-refractivity contribution >= 4 is 8.17 Å². The number of hydrogen-bond acceptors (Lipinski definition) is 8. The minimum absolute atomic E-state index is 0.216. The zero-order chi connectivity index (χ0) is 15.1. The highest BCUT2D eigenvalue weighted by molar-refractivity contribution is 7.53. The van der Waals surface area contributed by atoms with Gasteiger partial charge in [-0.15, -0.1) is 4.52 Å². The summed E-state index contributed by atoms with van der Waals surface area (Å²) < 4.78 is 10.2. The van der Waals surface area contributed by atoms with Crippen molar-refractivity contribution in [3.05, 3.63) is 0 Å². The Labute approximate surface area is 117 Å². The van der Waals surface area contributed by atoms with Crippen molar-refractivity contribution in [2.24, 2.45) is 5.92 Å². The summed E-state index contributed by atoms with van der Waals surface area (Å²) in [6, 6.07) is 0. The third-order valence-electron chi connectivity index (χ3n) is 4.03. The van der Waals surface area contributed by atoms with Crippen LogP contribution in [0.2, 0.25) is 0 Å². The van der Waals surface area contributed by atoms with Crippen LogP contribution in [-0.2, 0) is 9.26 Å². The van der Waals surface area contributed by atoms with Gasteiger partial charge in [-0.1, -0.05) is 0 Å². The molecule has 1 aliphatic carbocycles. The van der Waals surface area contributed by atoms with Gasteiger partial charge in [0.1, 0.15) is 6.10 Å². The summed E-state index contributed by atoms with van der Waals surface area (Å²) in [5.41, 5.74) is 0. The predicted molar refractivity (Wildman–Crippen MR) is 68.1 cm³/mol. The third kappa shape index (κ3) is 3.65. The molecule has 9 heteroatoms. The summed E-state index contributed by atoms with van der Waals surface area (Å²) in [7, 11) is -4.47. The molecule has 1 aliphatic heterocycles. The lowest BCUT2D eigenvalue weighted by atomic mass is 9.79. The van der Waals surface area contributed by atoms with Gasteiger partial charge >= 0.3 is 8.17 Å². The number of rotatable bonds is 3. The van der Waals surface area contributed by atoms with Crippen LogP contribution in [-0.4, -0.2) is 66.6 Å². The van der Waals surface area contributed by atoms with Crippen LogP contribution < -0.4 is 0 Å². The van der Waals surface area contributed by atoms with Crippen LogP contribution in [0.1, 0.15) is 26.2 Å². The fourth-order valence-corrected chi connectivity index (χ4v) is 3.69. The lowest BCUT2D eigenvalue weighted by Crippen LogP contribution is -2.45. The maximum Gasteiger partial charge on any atom is 0.567 e. The minimum atomic E-state index is -4.47. The molecule has 7 atom stereocenters. The first-order valence-electron chi connectivity index (χ1n) is 6.64. The van der Waals surface area contributed by atoms with Gasteiger partial charge in [-0.3, -0.25) is 0 Å². The molecule has 0 aromatic heterocycles. The average Bonchev–Trinajstić information content (AvgIpc) is 2.55. The molecule has 20 heavy (non-hydrogen) atoms. The zero-order valence-electron chi connectivity index (χ0n) is 11.1. The summed E-state index contributed by atoms with van der Waals surface area (Å²) in [4.78, 5) is 26.8. The van der Waals surface area contributed by atoms with Crippen LogP contribution in [0.15, 0.2) is 0 Å². The van der Waals surface area contributed by atoms with Gasteiger partial charge in [0, 0.05) is 5.92 Å². The molecule has 1 saturated carbocycles. The van der Waals surface area contributed by atoms with Gasteiger partial charge in [0.15, 0.2) is 6.10 Å². The molecule has 0 aromatic rings. The molecule has 0 aromatic carbocycles. The van der Waals surface area contributed by atoms with Gasteiger partial charge in [0.05, 0.1) is 24.4 Å². The van der Waals surface area contributed by atoms with E-state index in [2.05, 4.69) is 4.52 Å². The molecule has 2 aliphatic rings. The second-order valence-electron chi connectivity index (χ2n) is 5.58. The van der Waals surface area contributed by atoms with E-state index in [1.165, 1.54) is 0 Å². The third-order valence-corrected chi connectivity index (χ3v) is 4.56. The molecule has 0 spiro atoms.